The Labute approximate surface area is 107 Å². The third kappa shape index (κ3) is 2.46. The Balaban J connectivity index is 2.26. The van der Waals surface area contributed by atoms with E-state index in [2.05, 4.69) is 0 Å². The number of ketones is 1. The maximum Gasteiger partial charge on any atom is 0.199 e. The Morgan fingerprint density at radius 3 is 2.72 bits per heavy atom. The van der Waals surface area contributed by atoms with Gasteiger partial charge in [-0.2, -0.15) is 0 Å². The molecule has 0 fully saturated rings. The third-order valence-electron chi connectivity index (χ3n) is 3.29. The predicted octanol–water partition coefficient (Wildman–Crippen LogP) is 3.30. The summed E-state index contributed by atoms with van der Waals surface area (Å²) in [4.78, 5) is 12.1. The molecule has 0 amide bonds. The summed E-state index contributed by atoms with van der Waals surface area (Å²) in [6, 6.07) is 7.57. The zero-order valence-corrected chi connectivity index (χ0v) is 11.1. The first-order valence-corrected chi connectivity index (χ1v) is 6.27. The smallest absolute Gasteiger partial charge is 0.199 e. The van der Waals surface area contributed by atoms with E-state index in [1.165, 1.54) is 0 Å². The van der Waals surface area contributed by atoms with Crippen molar-refractivity contribution in [1.29, 1.82) is 0 Å². The van der Waals surface area contributed by atoms with Gasteiger partial charge in [-0.1, -0.05) is 32.0 Å². The Morgan fingerprint density at radius 1 is 1.39 bits per heavy atom. The molecule has 1 heterocycles. The molecule has 1 unspecified atom stereocenters. The van der Waals surface area contributed by atoms with Gasteiger partial charge < -0.3 is 10.2 Å². The van der Waals surface area contributed by atoms with Crippen LogP contribution in [-0.2, 0) is 0 Å². The minimum absolute atomic E-state index is 0.0215. The molecule has 1 atom stereocenters. The molecule has 1 aromatic heterocycles. The van der Waals surface area contributed by atoms with E-state index in [-0.39, 0.29) is 11.8 Å². The SMILES string of the molecule is Cc1cccc2cc(C(=O)CC(N)C(C)C)oc12. The fourth-order valence-electron chi connectivity index (χ4n) is 1.90. The number of para-hydroxylation sites is 1. The number of hydrogen-bond acceptors (Lipinski definition) is 3. The standard InChI is InChI=1S/C15H19NO2/c1-9(2)12(16)8-13(17)14-7-11-6-4-5-10(3)15(11)18-14/h4-7,9,12H,8,16H2,1-3H3. The number of rotatable bonds is 4. The largest absolute Gasteiger partial charge is 0.453 e. The number of nitrogens with two attached hydrogens (primary N) is 1. The van der Waals surface area contributed by atoms with Crippen LogP contribution in [0, 0.1) is 12.8 Å². The summed E-state index contributed by atoms with van der Waals surface area (Å²) in [5, 5.41) is 0.969. The van der Waals surface area contributed by atoms with Crippen LogP contribution in [0.4, 0.5) is 0 Å². The highest BCUT2D eigenvalue weighted by molar-refractivity contribution is 5.98. The average Bonchev–Trinajstić information content (AvgIpc) is 2.74. The topological polar surface area (TPSA) is 56.2 Å². The lowest BCUT2D eigenvalue weighted by Gasteiger charge is -2.13. The molecule has 2 aromatic rings. The first-order valence-electron chi connectivity index (χ1n) is 6.27. The monoisotopic (exact) mass is 245 g/mol. The highest BCUT2D eigenvalue weighted by Crippen LogP contribution is 2.23. The lowest BCUT2D eigenvalue weighted by molar-refractivity contribution is 0.0942. The van der Waals surface area contributed by atoms with E-state index in [9.17, 15) is 4.79 Å². The molecule has 2 N–H and O–H groups in total. The zero-order valence-electron chi connectivity index (χ0n) is 11.1. The van der Waals surface area contributed by atoms with E-state index >= 15 is 0 Å². The molecule has 18 heavy (non-hydrogen) atoms. The summed E-state index contributed by atoms with van der Waals surface area (Å²) in [6.07, 6.45) is 0.330. The van der Waals surface area contributed by atoms with E-state index in [4.69, 9.17) is 10.2 Å². The van der Waals surface area contributed by atoms with Crippen molar-refractivity contribution in [3.8, 4) is 0 Å². The highest BCUT2D eigenvalue weighted by atomic mass is 16.3. The van der Waals surface area contributed by atoms with E-state index in [1.807, 2.05) is 39.0 Å². The van der Waals surface area contributed by atoms with E-state index < -0.39 is 0 Å². The van der Waals surface area contributed by atoms with Crippen molar-refractivity contribution in [2.45, 2.75) is 33.2 Å². The van der Waals surface area contributed by atoms with Crippen LogP contribution in [0.3, 0.4) is 0 Å². The number of carbonyl (C=O) groups excluding carboxylic acids is 1. The number of Topliss-reactive ketones (excluding diaryl/α,β-unsaturated/α-hetero) is 1. The normalized spacial score (nSPS) is 13.2. The van der Waals surface area contributed by atoms with Gasteiger partial charge in [-0.15, -0.1) is 0 Å². The van der Waals surface area contributed by atoms with Crippen molar-refractivity contribution in [3.63, 3.8) is 0 Å². The predicted molar refractivity (Wildman–Crippen MR) is 72.7 cm³/mol. The van der Waals surface area contributed by atoms with E-state index in [1.54, 1.807) is 6.07 Å². The molecule has 1 aromatic carbocycles. The summed E-state index contributed by atoms with van der Waals surface area (Å²) in [5.74, 6) is 0.683. The Kier molecular flexibility index (Phi) is 3.53. The molecule has 0 radical (unpaired) electrons. The van der Waals surface area contributed by atoms with Gasteiger partial charge in [0.25, 0.3) is 0 Å². The molecule has 3 nitrogen and oxygen atoms in total. The first-order chi connectivity index (χ1) is 8.49. The summed E-state index contributed by atoms with van der Waals surface area (Å²) < 4.78 is 5.64. The summed E-state index contributed by atoms with van der Waals surface area (Å²) in [6.45, 7) is 6.00. The Hall–Kier alpha value is -1.61. The molecule has 0 saturated heterocycles. The lowest BCUT2D eigenvalue weighted by Crippen LogP contribution is -2.29. The van der Waals surface area contributed by atoms with Crippen molar-refractivity contribution in [2.24, 2.45) is 11.7 Å². The second-order valence-electron chi connectivity index (χ2n) is 5.14. The molecule has 96 valence electrons. The van der Waals surface area contributed by atoms with Crippen LogP contribution in [0.25, 0.3) is 11.0 Å². The van der Waals surface area contributed by atoms with Gasteiger partial charge in [0.2, 0.25) is 0 Å². The highest BCUT2D eigenvalue weighted by Gasteiger charge is 2.18. The molecule has 0 aliphatic rings. The van der Waals surface area contributed by atoms with Crippen LogP contribution in [0.1, 0.15) is 36.4 Å². The third-order valence-corrected chi connectivity index (χ3v) is 3.29. The first kappa shape index (κ1) is 12.8. The van der Waals surface area contributed by atoms with Gasteiger partial charge >= 0.3 is 0 Å². The fraction of sp³-hybridized carbons (Fsp3) is 0.400. The van der Waals surface area contributed by atoms with E-state index in [0.29, 0.717) is 18.1 Å². The Bertz CT molecular complexity index is 569. The number of fused-ring (bicyclic) bond motifs is 1. The summed E-state index contributed by atoms with van der Waals surface area (Å²) in [7, 11) is 0. The molecule has 0 aliphatic heterocycles. The number of aryl methyl sites for hydroxylation is 1. The molecule has 2 rings (SSSR count). The number of carbonyl (C=O) groups is 1. The average molecular weight is 245 g/mol. The molecule has 0 bridgehead atoms. The van der Waals surface area contributed by atoms with Crippen molar-refractivity contribution in [3.05, 3.63) is 35.6 Å². The van der Waals surface area contributed by atoms with Crippen LogP contribution in [0.2, 0.25) is 0 Å². The molecule has 3 heteroatoms. The zero-order chi connectivity index (χ0) is 13.3. The van der Waals surface area contributed by atoms with Gasteiger partial charge in [0.15, 0.2) is 11.5 Å². The lowest BCUT2D eigenvalue weighted by atomic mass is 9.99. The second kappa shape index (κ2) is 4.94. The Morgan fingerprint density at radius 2 is 2.11 bits per heavy atom. The van der Waals surface area contributed by atoms with Crippen molar-refractivity contribution >= 4 is 16.8 Å². The van der Waals surface area contributed by atoms with Gasteiger partial charge in [0.1, 0.15) is 5.58 Å². The van der Waals surface area contributed by atoms with E-state index in [0.717, 1.165) is 16.5 Å². The summed E-state index contributed by atoms with van der Waals surface area (Å²) >= 11 is 0. The maximum atomic E-state index is 12.1. The van der Waals surface area contributed by atoms with Gasteiger partial charge in [-0.25, -0.2) is 0 Å². The quantitative estimate of drug-likeness (QED) is 0.841. The molecular formula is C15H19NO2. The number of furan rings is 1. The van der Waals surface area contributed by atoms with Gasteiger partial charge in [-0.05, 0) is 24.5 Å². The number of benzene rings is 1. The minimum Gasteiger partial charge on any atom is -0.453 e. The molecule has 0 aliphatic carbocycles. The van der Waals surface area contributed by atoms with Crippen LogP contribution < -0.4 is 5.73 Å². The maximum absolute atomic E-state index is 12.1. The number of hydrogen-bond donors (Lipinski definition) is 1. The van der Waals surface area contributed by atoms with Gasteiger partial charge in [0.05, 0.1) is 0 Å². The second-order valence-corrected chi connectivity index (χ2v) is 5.14. The van der Waals surface area contributed by atoms with Gasteiger partial charge in [-0.3, -0.25) is 4.79 Å². The van der Waals surface area contributed by atoms with Crippen LogP contribution in [0.5, 0.6) is 0 Å². The van der Waals surface area contributed by atoms with Crippen molar-refractivity contribution < 1.29 is 9.21 Å². The van der Waals surface area contributed by atoms with Crippen LogP contribution in [0.15, 0.2) is 28.7 Å². The molecule has 0 saturated carbocycles. The molecule has 0 spiro atoms. The summed E-state index contributed by atoms with van der Waals surface area (Å²) in [5.41, 5.74) is 7.75. The fourth-order valence-corrected chi connectivity index (χ4v) is 1.90. The van der Waals surface area contributed by atoms with Crippen molar-refractivity contribution in [1.82, 2.24) is 0 Å². The molecular weight excluding hydrogens is 226 g/mol. The minimum atomic E-state index is -0.119. The van der Waals surface area contributed by atoms with Crippen molar-refractivity contribution in [2.75, 3.05) is 0 Å². The van der Waals surface area contributed by atoms with Crippen LogP contribution in [-0.4, -0.2) is 11.8 Å². The van der Waals surface area contributed by atoms with Crippen LogP contribution >= 0.6 is 0 Å². The van der Waals surface area contributed by atoms with Gasteiger partial charge in [0, 0.05) is 17.8 Å².